The molecule has 0 aromatic heterocycles. The summed E-state index contributed by atoms with van der Waals surface area (Å²) >= 11 is 0. The van der Waals surface area contributed by atoms with Crippen LogP contribution in [0.15, 0.2) is 30.3 Å². The lowest BCUT2D eigenvalue weighted by Gasteiger charge is -2.42. The number of fused-ring (bicyclic) bond motifs is 1. The van der Waals surface area contributed by atoms with Gasteiger partial charge in [-0.25, -0.2) is 0 Å². The van der Waals surface area contributed by atoms with E-state index in [9.17, 15) is 9.90 Å². The van der Waals surface area contributed by atoms with E-state index in [0.717, 1.165) is 5.56 Å². The van der Waals surface area contributed by atoms with Crippen molar-refractivity contribution in [1.29, 1.82) is 0 Å². The second-order valence-electron chi connectivity index (χ2n) is 4.76. The number of ketones is 1. The maximum atomic E-state index is 12.1. The summed E-state index contributed by atoms with van der Waals surface area (Å²) in [4.78, 5) is 12.1. The summed E-state index contributed by atoms with van der Waals surface area (Å²) in [7, 11) is 1.37. The number of methoxy groups -OCH3 is 1. The van der Waals surface area contributed by atoms with Crippen molar-refractivity contribution in [2.24, 2.45) is 0 Å². The minimum absolute atomic E-state index is 0.211. The van der Waals surface area contributed by atoms with Gasteiger partial charge in [-0.3, -0.25) is 4.79 Å². The summed E-state index contributed by atoms with van der Waals surface area (Å²) in [6.07, 6.45) is -4.33. The van der Waals surface area contributed by atoms with Crippen molar-refractivity contribution in [3.8, 4) is 0 Å². The fraction of sp³-hybridized carbons (Fsp3) is 0.500. The van der Waals surface area contributed by atoms with Crippen molar-refractivity contribution in [2.75, 3.05) is 13.7 Å². The first-order chi connectivity index (χ1) is 9.70. The van der Waals surface area contributed by atoms with Crippen molar-refractivity contribution in [1.82, 2.24) is 0 Å². The van der Waals surface area contributed by atoms with Crippen LogP contribution in [0.3, 0.4) is 0 Å². The minimum atomic E-state index is -1.34. The van der Waals surface area contributed by atoms with Gasteiger partial charge in [0.2, 0.25) is 0 Å². The summed E-state index contributed by atoms with van der Waals surface area (Å²) in [6, 6.07) is 9.32. The van der Waals surface area contributed by atoms with E-state index < -0.39 is 36.7 Å². The molecule has 0 amide bonds. The highest BCUT2D eigenvalue weighted by molar-refractivity contribution is 5.89. The van der Waals surface area contributed by atoms with Crippen molar-refractivity contribution in [2.45, 2.75) is 30.9 Å². The summed E-state index contributed by atoms with van der Waals surface area (Å²) in [6.45, 7) is 0.211. The normalized spacial score (nSPS) is 37.5. The van der Waals surface area contributed by atoms with Gasteiger partial charge in [0.15, 0.2) is 30.6 Å². The standard InChI is InChI=1S/C14H16O6/c1-17-14-11(16)10(15)12-9(19-14)7-18-13(20-12)8-5-3-2-4-6-8/h2-6,9,11-14,16H,7H2,1H3/t9-,11-,12+,13+,14-/m1/s1. The minimum Gasteiger partial charge on any atom is -0.380 e. The van der Waals surface area contributed by atoms with Crippen LogP contribution in [0.4, 0.5) is 0 Å². The summed E-state index contributed by atoms with van der Waals surface area (Å²) in [5.74, 6) is -0.433. The average molecular weight is 280 g/mol. The topological polar surface area (TPSA) is 74.2 Å². The molecule has 0 spiro atoms. The number of Topliss-reactive ketones (excluding diaryl/α,β-unsaturated/α-hetero) is 1. The van der Waals surface area contributed by atoms with Crippen molar-refractivity contribution in [3.05, 3.63) is 35.9 Å². The first-order valence-electron chi connectivity index (χ1n) is 6.43. The predicted molar refractivity (Wildman–Crippen MR) is 66.7 cm³/mol. The Hall–Kier alpha value is -1.31. The number of benzene rings is 1. The molecule has 6 nitrogen and oxygen atoms in total. The van der Waals surface area contributed by atoms with Gasteiger partial charge in [0.1, 0.15) is 6.10 Å². The Kier molecular flexibility index (Phi) is 3.82. The molecular weight excluding hydrogens is 264 g/mol. The van der Waals surface area contributed by atoms with E-state index in [1.54, 1.807) is 0 Å². The summed E-state index contributed by atoms with van der Waals surface area (Å²) in [5.41, 5.74) is 0.821. The average Bonchev–Trinajstić information content (AvgIpc) is 2.51. The van der Waals surface area contributed by atoms with E-state index in [-0.39, 0.29) is 6.61 Å². The monoisotopic (exact) mass is 280 g/mol. The lowest BCUT2D eigenvalue weighted by atomic mass is 10.00. The molecule has 2 fully saturated rings. The number of carbonyl (C=O) groups excluding carboxylic acids is 1. The second kappa shape index (κ2) is 5.59. The zero-order valence-electron chi connectivity index (χ0n) is 11.0. The molecule has 1 aromatic carbocycles. The lowest BCUT2D eigenvalue weighted by Crippen LogP contribution is -2.59. The maximum absolute atomic E-state index is 12.1. The van der Waals surface area contributed by atoms with Crippen LogP contribution in [-0.2, 0) is 23.7 Å². The number of carbonyl (C=O) groups is 1. The number of hydrogen-bond acceptors (Lipinski definition) is 6. The highest BCUT2D eigenvalue weighted by Gasteiger charge is 2.48. The molecule has 6 heteroatoms. The van der Waals surface area contributed by atoms with Crippen LogP contribution in [0.1, 0.15) is 11.9 Å². The highest BCUT2D eigenvalue weighted by atomic mass is 16.7. The zero-order chi connectivity index (χ0) is 14.1. The molecule has 2 saturated heterocycles. The van der Waals surface area contributed by atoms with Crippen LogP contribution >= 0.6 is 0 Å². The van der Waals surface area contributed by atoms with Gasteiger partial charge < -0.3 is 24.1 Å². The van der Waals surface area contributed by atoms with Gasteiger partial charge in [0.05, 0.1) is 6.61 Å². The van der Waals surface area contributed by atoms with E-state index >= 15 is 0 Å². The fourth-order valence-electron chi connectivity index (χ4n) is 2.41. The number of aliphatic hydroxyl groups excluding tert-OH is 1. The third-order valence-corrected chi connectivity index (χ3v) is 3.46. The number of hydrogen-bond donors (Lipinski definition) is 1. The molecule has 0 radical (unpaired) electrons. The third-order valence-electron chi connectivity index (χ3n) is 3.46. The Morgan fingerprint density at radius 1 is 1.25 bits per heavy atom. The maximum Gasteiger partial charge on any atom is 0.198 e. The summed E-state index contributed by atoms with van der Waals surface area (Å²) in [5, 5.41) is 9.81. The smallest absolute Gasteiger partial charge is 0.198 e. The first kappa shape index (κ1) is 13.7. The van der Waals surface area contributed by atoms with Crippen LogP contribution in [0.5, 0.6) is 0 Å². The Balaban J connectivity index is 1.76. The van der Waals surface area contributed by atoms with E-state index in [0.29, 0.717) is 0 Å². The fourth-order valence-corrected chi connectivity index (χ4v) is 2.41. The molecular formula is C14H16O6. The quantitative estimate of drug-likeness (QED) is 0.845. The SMILES string of the molecule is CO[C@@H]1O[C@@H]2CO[C@H](c3ccccc3)O[C@@H]2C(=O)[C@H]1O. The largest absolute Gasteiger partial charge is 0.380 e. The molecule has 2 aliphatic rings. The van der Waals surface area contributed by atoms with Crippen molar-refractivity contribution in [3.63, 3.8) is 0 Å². The number of ether oxygens (including phenoxy) is 4. The molecule has 5 atom stereocenters. The predicted octanol–water partition coefficient (Wildman–Crippen LogP) is 0.402. The molecule has 1 aromatic rings. The van der Waals surface area contributed by atoms with E-state index in [1.165, 1.54) is 7.11 Å². The van der Waals surface area contributed by atoms with Crippen LogP contribution in [-0.4, -0.2) is 49.2 Å². The van der Waals surface area contributed by atoms with Gasteiger partial charge >= 0.3 is 0 Å². The molecule has 0 aliphatic carbocycles. The molecule has 0 saturated carbocycles. The zero-order valence-corrected chi connectivity index (χ0v) is 11.0. The van der Waals surface area contributed by atoms with Crippen LogP contribution < -0.4 is 0 Å². The van der Waals surface area contributed by atoms with E-state index in [2.05, 4.69) is 0 Å². The lowest BCUT2D eigenvalue weighted by molar-refractivity contribution is -0.313. The molecule has 1 N–H and O–H groups in total. The molecule has 2 aliphatic heterocycles. The van der Waals surface area contributed by atoms with Gasteiger partial charge in [-0.1, -0.05) is 30.3 Å². The molecule has 0 bridgehead atoms. The number of aliphatic hydroxyl groups is 1. The van der Waals surface area contributed by atoms with Gasteiger partial charge in [-0.05, 0) is 0 Å². The Bertz CT molecular complexity index is 476. The van der Waals surface area contributed by atoms with Gasteiger partial charge in [-0.15, -0.1) is 0 Å². The van der Waals surface area contributed by atoms with Gasteiger partial charge in [0.25, 0.3) is 0 Å². The third kappa shape index (κ3) is 2.36. The number of rotatable bonds is 2. The van der Waals surface area contributed by atoms with Crippen LogP contribution in [0, 0.1) is 0 Å². The second-order valence-corrected chi connectivity index (χ2v) is 4.76. The molecule has 3 rings (SSSR count). The van der Waals surface area contributed by atoms with Gasteiger partial charge in [0, 0.05) is 12.7 Å². The molecule has 0 unspecified atom stereocenters. The first-order valence-corrected chi connectivity index (χ1v) is 6.43. The van der Waals surface area contributed by atoms with Crippen LogP contribution in [0.25, 0.3) is 0 Å². The molecule has 2 heterocycles. The molecule has 20 heavy (non-hydrogen) atoms. The Morgan fingerprint density at radius 3 is 2.70 bits per heavy atom. The van der Waals surface area contributed by atoms with E-state index in [1.807, 2.05) is 30.3 Å². The highest BCUT2D eigenvalue weighted by Crippen LogP contribution is 2.32. The summed E-state index contributed by atoms with van der Waals surface area (Å²) < 4.78 is 21.6. The Labute approximate surface area is 116 Å². The van der Waals surface area contributed by atoms with Crippen LogP contribution in [0.2, 0.25) is 0 Å². The Morgan fingerprint density at radius 2 is 2.00 bits per heavy atom. The van der Waals surface area contributed by atoms with E-state index in [4.69, 9.17) is 18.9 Å². The van der Waals surface area contributed by atoms with Crippen molar-refractivity contribution < 1.29 is 28.8 Å². The van der Waals surface area contributed by atoms with Gasteiger partial charge in [-0.2, -0.15) is 0 Å². The molecule has 108 valence electrons. The van der Waals surface area contributed by atoms with Crippen molar-refractivity contribution >= 4 is 5.78 Å².